The molecule has 3 N–H and O–H groups in total. The summed E-state index contributed by atoms with van der Waals surface area (Å²) in [5.41, 5.74) is 0.379. The Kier molecular flexibility index (Phi) is 8.17. The van der Waals surface area contributed by atoms with Gasteiger partial charge >= 0.3 is 6.09 Å². The number of nitrogens with zero attached hydrogens (tertiary/aromatic N) is 1. The van der Waals surface area contributed by atoms with E-state index in [0.717, 1.165) is 12.0 Å². The highest BCUT2D eigenvalue weighted by Crippen LogP contribution is 2.41. The molecule has 0 bridgehead atoms. The maximum absolute atomic E-state index is 13.7. The predicted molar refractivity (Wildman–Crippen MR) is 126 cm³/mol. The van der Waals surface area contributed by atoms with Gasteiger partial charge in [-0.05, 0) is 66.4 Å². The third-order valence-corrected chi connectivity index (χ3v) is 5.23. The predicted octanol–water partition coefficient (Wildman–Crippen LogP) is 3.07. The van der Waals surface area contributed by atoms with Gasteiger partial charge in [-0.25, -0.2) is 4.79 Å². The third-order valence-electron chi connectivity index (χ3n) is 5.23. The second-order valence-corrected chi connectivity index (χ2v) is 11.0. The molecule has 8 heteroatoms. The zero-order chi connectivity index (χ0) is 25.1. The molecular weight excluding hydrogens is 422 g/mol. The van der Waals surface area contributed by atoms with Crippen molar-refractivity contribution in [2.75, 3.05) is 6.61 Å². The zero-order valence-electron chi connectivity index (χ0n) is 21.1. The summed E-state index contributed by atoms with van der Waals surface area (Å²) in [7, 11) is 0. The number of carbonyl (C=O) groups excluding carboxylic acids is 3. The van der Waals surface area contributed by atoms with E-state index in [1.807, 2.05) is 58.9 Å². The lowest BCUT2D eigenvalue weighted by atomic mass is 9.99. The van der Waals surface area contributed by atoms with Crippen LogP contribution in [0.15, 0.2) is 24.3 Å². The molecule has 1 aromatic carbocycles. The van der Waals surface area contributed by atoms with Gasteiger partial charge in [-0.15, -0.1) is 0 Å². The standard InChI is InChI=1S/C25H39N3O5/c1-15-10-9-11-17(12-15)20(21(30)27-24(3,4)5)28(19-13-16(19)2)22(31)18(14-29)26-23(32)33-25(6,7)8/h9-12,16,18-20,29H,13-14H2,1-8H3,(H,26,32)(H,27,30). The highest BCUT2D eigenvalue weighted by molar-refractivity contribution is 5.93. The van der Waals surface area contributed by atoms with Gasteiger partial charge in [-0.3, -0.25) is 9.59 Å². The van der Waals surface area contributed by atoms with E-state index >= 15 is 0 Å². The molecule has 1 aromatic rings. The number of ether oxygens (including phenoxy) is 1. The maximum atomic E-state index is 13.7. The number of nitrogens with one attached hydrogen (secondary N) is 2. The zero-order valence-corrected chi connectivity index (χ0v) is 21.1. The number of hydrogen-bond donors (Lipinski definition) is 3. The molecule has 1 fully saturated rings. The van der Waals surface area contributed by atoms with E-state index in [1.54, 1.807) is 20.8 Å². The van der Waals surface area contributed by atoms with Crippen molar-refractivity contribution in [2.24, 2.45) is 5.92 Å². The first-order valence-corrected chi connectivity index (χ1v) is 11.4. The fraction of sp³-hybridized carbons (Fsp3) is 0.640. The fourth-order valence-corrected chi connectivity index (χ4v) is 3.70. The van der Waals surface area contributed by atoms with Crippen LogP contribution in [0.2, 0.25) is 0 Å². The normalized spacial score (nSPS) is 19.8. The third kappa shape index (κ3) is 7.74. The van der Waals surface area contributed by atoms with E-state index in [9.17, 15) is 19.5 Å². The van der Waals surface area contributed by atoms with Crippen molar-refractivity contribution in [2.45, 2.75) is 91.1 Å². The number of benzene rings is 1. The smallest absolute Gasteiger partial charge is 0.408 e. The van der Waals surface area contributed by atoms with Crippen molar-refractivity contribution in [3.63, 3.8) is 0 Å². The monoisotopic (exact) mass is 461 g/mol. The number of carbonyl (C=O) groups is 3. The Hall–Kier alpha value is -2.61. The lowest BCUT2D eigenvalue weighted by molar-refractivity contribution is -0.144. The van der Waals surface area contributed by atoms with Gasteiger partial charge in [0.25, 0.3) is 0 Å². The molecule has 1 aliphatic carbocycles. The Morgan fingerprint density at radius 3 is 2.24 bits per heavy atom. The number of alkyl carbamates (subject to hydrolysis) is 1. The first-order valence-electron chi connectivity index (χ1n) is 11.4. The summed E-state index contributed by atoms with van der Waals surface area (Å²) in [4.78, 5) is 41.0. The Balaban J connectivity index is 2.44. The topological polar surface area (TPSA) is 108 Å². The van der Waals surface area contributed by atoms with Crippen LogP contribution in [0, 0.1) is 12.8 Å². The number of aliphatic hydroxyl groups excluding tert-OH is 1. The summed E-state index contributed by atoms with van der Waals surface area (Å²) in [6.07, 6.45) is -0.0634. The van der Waals surface area contributed by atoms with Gasteiger partial charge < -0.3 is 25.4 Å². The van der Waals surface area contributed by atoms with E-state index in [-0.39, 0.29) is 17.9 Å². The summed E-state index contributed by atoms with van der Waals surface area (Å²) in [5, 5.41) is 15.4. The first kappa shape index (κ1) is 26.6. The van der Waals surface area contributed by atoms with Crippen molar-refractivity contribution in [3.8, 4) is 0 Å². The summed E-state index contributed by atoms with van der Waals surface area (Å²) in [6, 6.07) is 5.17. The average Bonchev–Trinajstić information content (AvgIpc) is 3.36. The van der Waals surface area contributed by atoms with Crippen LogP contribution < -0.4 is 10.6 Å². The molecule has 184 valence electrons. The summed E-state index contributed by atoms with van der Waals surface area (Å²) >= 11 is 0. The van der Waals surface area contributed by atoms with Crippen LogP contribution in [0.5, 0.6) is 0 Å². The molecule has 3 amide bonds. The minimum atomic E-state index is -1.23. The van der Waals surface area contributed by atoms with Gasteiger partial charge in [0.15, 0.2) is 0 Å². The lowest BCUT2D eigenvalue weighted by Crippen LogP contribution is -2.56. The molecule has 0 aromatic heterocycles. The Labute approximate surface area is 197 Å². The molecule has 1 saturated carbocycles. The fourth-order valence-electron chi connectivity index (χ4n) is 3.70. The molecule has 4 unspecified atom stereocenters. The van der Waals surface area contributed by atoms with Crippen LogP contribution >= 0.6 is 0 Å². The molecule has 1 aliphatic rings. The number of hydrogen-bond acceptors (Lipinski definition) is 5. The Bertz CT molecular complexity index is 872. The van der Waals surface area contributed by atoms with E-state index < -0.39 is 41.8 Å². The molecule has 4 atom stereocenters. The quantitative estimate of drug-likeness (QED) is 0.578. The van der Waals surface area contributed by atoms with Gasteiger partial charge in [0.2, 0.25) is 11.8 Å². The minimum Gasteiger partial charge on any atom is -0.444 e. The van der Waals surface area contributed by atoms with E-state index in [0.29, 0.717) is 5.56 Å². The SMILES string of the molecule is Cc1cccc(C(C(=O)NC(C)(C)C)N(C(=O)C(CO)NC(=O)OC(C)(C)C)C2CC2C)c1. The van der Waals surface area contributed by atoms with Crippen molar-refractivity contribution in [1.82, 2.24) is 15.5 Å². The first-order chi connectivity index (χ1) is 15.1. The minimum absolute atomic E-state index is 0.178. The molecule has 0 aliphatic heterocycles. The maximum Gasteiger partial charge on any atom is 0.408 e. The van der Waals surface area contributed by atoms with Crippen molar-refractivity contribution in [1.29, 1.82) is 0 Å². The van der Waals surface area contributed by atoms with Crippen LogP contribution in [0.3, 0.4) is 0 Å². The molecule has 0 radical (unpaired) electrons. The second-order valence-electron chi connectivity index (χ2n) is 11.0. The molecule has 0 saturated heterocycles. The Morgan fingerprint density at radius 1 is 1.18 bits per heavy atom. The van der Waals surface area contributed by atoms with Crippen LogP contribution in [0.4, 0.5) is 4.79 Å². The van der Waals surface area contributed by atoms with Crippen molar-refractivity contribution >= 4 is 17.9 Å². The molecule has 8 nitrogen and oxygen atoms in total. The molecule has 2 rings (SSSR count). The molecule has 33 heavy (non-hydrogen) atoms. The van der Waals surface area contributed by atoms with E-state index in [4.69, 9.17) is 4.74 Å². The Morgan fingerprint density at radius 2 is 1.79 bits per heavy atom. The van der Waals surface area contributed by atoms with Crippen LogP contribution in [0.1, 0.15) is 72.1 Å². The summed E-state index contributed by atoms with van der Waals surface area (Å²) in [5.74, 6) is -0.632. The van der Waals surface area contributed by atoms with E-state index in [1.165, 1.54) is 4.90 Å². The molecular formula is C25H39N3O5. The highest BCUT2D eigenvalue weighted by atomic mass is 16.6. The van der Waals surface area contributed by atoms with Gasteiger partial charge in [0, 0.05) is 11.6 Å². The van der Waals surface area contributed by atoms with Gasteiger partial charge in [-0.1, -0.05) is 36.8 Å². The summed E-state index contributed by atoms with van der Waals surface area (Å²) < 4.78 is 5.26. The number of aliphatic hydroxyl groups is 1. The lowest BCUT2D eigenvalue weighted by Gasteiger charge is -2.36. The molecule has 0 spiro atoms. The van der Waals surface area contributed by atoms with E-state index in [2.05, 4.69) is 10.6 Å². The summed E-state index contributed by atoms with van der Waals surface area (Å²) in [6.45, 7) is 14.1. The highest BCUT2D eigenvalue weighted by Gasteiger charge is 2.48. The number of rotatable bonds is 7. The van der Waals surface area contributed by atoms with Gasteiger partial charge in [0.1, 0.15) is 17.7 Å². The van der Waals surface area contributed by atoms with Crippen molar-refractivity contribution in [3.05, 3.63) is 35.4 Å². The van der Waals surface area contributed by atoms with Gasteiger partial charge in [0.05, 0.1) is 6.61 Å². The second kappa shape index (κ2) is 10.1. The van der Waals surface area contributed by atoms with Crippen LogP contribution in [-0.2, 0) is 14.3 Å². The van der Waals surface area contributed by atoms with Crippen LogP contribution in [-0.4, -0.2) is 57.7 Å². The largest absolute Gasteiger partial charge is 0.444 e. The number of aryl methyl sites for hydroxylation is 1. The number of amides is 3. The van der Waals surface area contributed by atoms with Crippen molar-refractivity contribution < 1.29 is 24.2 Å². The average molecular weight is 462 g/mol. The van der Waals surface area contributed by atoms with Gasteiger partial charge in [-0.2, -0.15) is 0 Å². The molecule has 0 heterocycles. The van der Waals surface area contributed by atoms with Crippen LogP contribution in [0.25, 0.3) is 0 Å².